The lowest BCUT2D eigenvalue weighted by Gasteiger charge is -2.36. The predicted octanol–water partition coefficient (Wildman–Crippen LogP) is 2.79. The SMILES string of the molecule is CNc1ccn(-c2ccnc3c2cc(CN2CCN(c4ccc(C(=O)N(C)C)cc4)CC2)n3C)c(=O)c1. The average Bonchev–Trinajstić information content (AvgIpc) is 3.24. The van der Waals surface area contributed by atoms with Crippen molar-refractivity contribution in [3.8, 4) is 5.69 Å². The van der Waals surface area contributed by atoms with Crippen molar-refractivity contribution in [3.63, 3.8) is 0 Å². The van der Waals surface area contributed by atoms with Gasteiger partial charge in [-0.15, -0.1) is 0 Å². The van der Waals surface area contributed by atoms with Crippen LogP contribution in [-0.2, 0) is 13.6 Å². The zero-order valence-corrected chi connectivity index (χ0v) is 21.8. The number of pyridine rings is 2. The highest BCUT2D eigenvalue weighted by molar-refractivity contribution is 5.94. The summed E-state index contributed by atoms with van der Waals surface area (Å²) in [5, 5.41) is 3.98. The standard InChI is InChI=1S/C28H33N7O2/c1-29-21-10-12-35(26(36)17-21)25-9-11-30-27-24(25)18-23(32(27)4)19-33-13-15-34(16-14-33)22-7-5-20(6-8-22)28(37)31(2)3/h5-12,17-18,29H,13-16,19H2,1-4H3. The van der Waals surface area contributed by atoms with E-state index in [-0.39, 0.29) is 11.5 Å². The fraction of sp³-hybridized carbons (Fsp3) is 0.321. The summed E-state index contributed by atoms with van der Waals surface area (Å²) >= 11 is 0. The first kappa shape index (κ1) is 24.6. The zero-order valence-electron chi connectivity index (χ0n) is 21.8. The second kappa shape index (κ2) is 10.1. The van der Waals surface area contributed by atoms with E-state index in [0.29, 0.717) is 5.56 Å². The highest BCUT2D eigenvalue weighted by Crippen LogP contribution is 2.25. The van der Waals surface area contributed by atoms with E-state index in [0.717, 1.165) is 66.5 Å². The molecule has 0 bridgehead atoms. The van der Waals surface area contributed by atoms with E-state index in [1.807, 2.05) is 43.4 Å². The first-order valence-electron chi connectivity index (χ1n) is 12.5. The summed E-state index contributed by atoms with van der Waals surface area (Å²) in [6.45, 7) is 4.52. The summed E-state index contributed by atoms with van der Waals surface area (Å²) in [6, 6.07) is 15.4. The number of aromatic nitrogens is 3. The Morgan fingerprint density at radius 2 is 1.76 bits per heavy atom. The normalized spacial score (nSPS) is 14.2. The topological polar surface area (TPSA) is 78.6 Å². The summed E-state index contributed by atoms with van der Waals surface area (Å²) in [4.78, 5) is 35.9. The Balaban J connectivity index is 1.30. The van der Waals surface area contributed by atoms with Crippen LogP contribution < -0.4 is 15.8 Å². The van der Waals surface area contributed by atoms with Gasteiger partial charge >= 0.3 is 0 Å². The molecule has 4 heterocycles. The molecule has 4 aromatic rings. The summed E-state index contributed by atoms with van der Waals surface area (Å²) < 4.78 is 3.80. The molecule has 1 N–H and O–H groups in total. The van der Waals surface area contributed by atoms with Gasteiger partial charge in [0.05, 0.1) is 5.69 Å². The molecule has 0 saturated carbocycles. The summed E-state index contributed by atoms with van der Waals surface area (Å²) in [6.07, 6.45) is 3.56. The van der Waals surface area contributed by atoms with Crippen LogP contribution in [0.1, 0.15) is 16.1 Å². The average molecular weight is 500 g/mol. The van der Waals surface area contributed by atoms with Crippen molar-refractivity contribution in [2.45, 2.75) is 6.54 Å². The van der Waals surface area contributed by atoms with Crippen LogP contribution in [-0.4, -0.2) is 77.1 Å². The van der Waals surface area contributed by atoms with E-state index >= 15 is 0 Å². The van der Waals surface area contributed by atoms with Gasteiger partial charge in [0.1, 0.15) is 5.65 Å². The van der Waals surface area contributed by atoms with Gasteiger partial charge in [-0.1, -0.05) is 0 Å². The number of amides is 1. The molecular formula is C28H33N7O2. The quantitative estimate of drug-likeness (QED) is 0.440. The number of hydrogen-bond acceptors (Lipinski definition) is 6. The van der Waals surface area contributed by atoms with Gasteiger partial charge in [0.15, 0.2) is 0 Å². The van der Waals surface area contributed by atoms with Crippen molar-refractivity contribution in [1.82, 2.24) is 23.9 Å². The monoisotopic (exact) mass is 499 g/mol. The van der Waals surface area contributed by atoms with Gasteiger partial charge in [-0.3, -0.25) is 19.1 Å². The van der Waals surface area contributed by atoms with Crippen molar-refractivity contribution >= 4 is 28.3 Å². The van der Waals surface area contributed by atoms with E-state index in [2.05, 4.69) is 30.7 Å². The molecule has 9 heteroatoms. The first-order chi connectivity index (χ1) is 17.9. The number of carbonyl (C=O) groups is 1. The third-order valence-electron chi connectivity index (χ3n) is 7.12. The Morgan fingerprint density at radius 3 is 2.41 bits per heavy atom. The zero-order chi connectivity index (χ0) is 26.1. The Kier molecular flexibility index (Phi) is 6.71. The second-order valence-corrected chi connectivity index (χ2v) is 9.65. The maximum atomic E-state index is 12.7. The Bertz CT molecular complexity index is 1480. The molecule has 1 aliphatic rings. The third kappa shape index (κ3) is 4.82. The van der Waals surface area contributed by atoms with Crippen molar-refractivity contribution in [2.24, 2.45) is 7.05 Å². The van der Waals surface area contributed by atoms with Crippen molar-refractivity contribution in [2.75, 3.05) is 57.5 Å². The van der Waals surface area contributed by atoms with Crippen LogP contribution in [0.15, 0.2) is 65.7 Å². The highest BCUT2D eigenvalue weighted by Gasteiger charge is 2.20. The molecule has 0 aliphatic carbocycles. The van der Waals surface area contributed by atoms with Crippen LogP contribution in [0.2, 0.25) is 0 Å². The van der Waals surface area contributed by atoms with Crippen molar-refractivity contribution < 1.29 is 4.79 Å². The number of hydrogen-bond donors (Lipinski definition) is 1. The molecule has 3 aromatic heterocycles. The van der Waals surface area contributed by atoms with Crippen LogP contribution in [0.25, 0.3) is 16.7 Å². The van der Waals surface area contributed by atoms with Crippen LogP contribution in [0.4, 0.5) is 11.4 Å². The molecule has 1 amide bonds. The van der Waals surface area contributed by atoms with E-state index in [4.69, 9.17) is 0 Å². The van der Waals surface area contributed by atoms with E-state index in [9.17, 15) is 9.59 Å². The van der Waals surface area contributed by atoms with Crippen LogP contribution in [0.3, 0.4) is 0 Å². The molecule has 192 valence electrons. The van der Waals surface area contributed by atoms with Crippen LogP contribution >= 0.6 is 0 Å². The highest BCUT2D eigenvalue weighted by atomic mass is 16.2. The van der Waals surface area contributed by atoms with E-state index in [1.54, 1.807) is 49.1 Å². The minimum absolute atomic E-state index is 0.0174. The molecule has 0 unspecified atom stereocenters. The smallest absolute Gasteiger partial charge is 0.257 e. The fourth-order valence-corrected chi connectivity index (χ4v) is 4.92. The Morgan fingerprint density at radius 1 is 1.03 bits per heavy atom. The molecule has 0 atom stereocenters. The lowest BCUT2D eigenvalue weighted by Crippen LogP contribution is -2.46. The lowest BCUT2D eigenvalue weighted by molar-refractivity contribution is 0.0827. The van der Waals surface area contributed by atoms with Gasteiger partial charge in [-0.2, -0.15) is 0 Å². The predicted molar refractivity (Wildman–Crippen MR) is 148 cm³/mol. The molecule has 1 aromatic carbocycles. The van der Waals surface area contributed by atoms with Gasteiger partial charge in [0.25, 0.3) is 11.5 Å². The summed E-state index contributed by atoms with van der Waals surface area (Å²) in [5.74, 6) is 0.0174. The molecular weight excluding hydrogens is 466 g/mol. The second-order valence-electron chi connectivity index (χ2n) is 9.65. The maximum Gasteiger partial charge on any atom is 0.257 e. The van der Waals surface area contributed by atoms with Crippen LogP contribution in [0.5, 0.6) is 0 Å². The van der Waals surface area contributed by atoms with E-state index in [1.165, 1.54) is 0 Å². The fourth-order valence-electron chi connectivity index (χ4n) is 4.92. The number of nitrogens with zero attached hydrogens (tertiary/aromatic N) is 6. The number of rotatable bonds is 6. The summed E-state index contributed by atoms with van der Waals surface area (Å²) in [5.41, 5.74) is 5.41. The first-order valence-corrected chi connectivity index (χ1v) is 12.5. The number of anilines is 2. The van der Waals surface area contributed by atoms with Gasteiger partial charge in [-0.05, 0) is 42.5 Å². The molecule has 9 nitrogen and oxygen atoms in total. The lowest BCUT2D eigenvalue weighted by atomic mass is 10.1. The number of fused-ring (bicyclic) bond motifs is 1. The number of carbonyl (C=O) groups excluding carboxylic acids is 1. The molecule has 37 heavy (non-hydrogen) atoms. The third-order valence-corrected chi connectivity index (χ3v) is 7.12. The molecule has 1 aliphatic heterocycles. The Labute approximate surface area is 216 Å². The minimum atomic E-state index is -0.0833. The van der Waals surface area contributed by atoms with Crippen LogP contribution in [0, 0.1) is 0 Å². The number of nitrogens with one attached hydrogen (secondary N) is 1. The Hall–Kier alpha value is -4.11. The number of piperazine rings is 1. The molecule has 5 rings (SSSR count). The molecule has 1 fully saturated rings. The molecule has 1 saturated heterocycles. The maximum absolute atomic E-state index is 12.7. The minimum Gasteiger partial charge on any atom is -0.388 e. The van der Waals surface area contributed by atoms with Gasteiger partial charge in [-0.25, -0.2) is 4.98 Å². The van der Waals surface area contributed by atoms with Gasteiger partial charge in [0, 0.05) is 107 Å². The van der Waals surface area contributed by atoms with Gasteiger partial charge < -0.3 is 19.7 Å². The van der Waals surface area contributed by atoms with Gasteiger partial charge in [0.2, 0.25) is 0 Å². The van der Waals surface area contributed by atoms with Crippen molar-refractivity contribution in [3.05, 3.63) is 82.5 Å². The number of aryl methyl sites for hydroxylation is 1. The largest absolute Gasteiger partial charge is 0.388 e. The van der Waals surface area contributed by atoms with Crippen molar-refractivity contribution in [1.29, 1.82) is 0 Å². The van der Waals surface area contributed by atoms with E-state index < -0.39 is 0 Å². The molecule has 0 spiro atoms. The summed E-state index contributed by atoms with van der Waals surface area (Å²) in [7, 11) is 7.37. The number of benzene rings is 1. The molecule has 0 radical (unpaired) electrons.